The molecule has 1 saturated carbocycles. The SMILES string of the molecule is COCC(C)NC(N)=NCCS(=O)(=O)NCC1CCC1.I. The highest BCUT2D eigenvalue weighted by atomic mass is 127. The average molecular weight is 434 g/mol. The quantitative estimate of drug-likeness (QED) is 0.274. The summed E-state index contributed by atoms with van der Waals surface area (Å²) in [6.07, 6.45) is 3.45. The van der Waals surface area contributed by atoms with Gasteiger partial charge in [0.15, 0.2) is 5.96 Å². The smallest absolute Gasteiger partial charge is 0.213 e. The molecule has 1 aliphatic rings. The van der Waals surface area contributed by atoms with E-state index in [-0.39, 0.29) is 48.3 Å². The van der Waals surface area contributed by atoms with E-state index in [4.69, 9.17) is 10.5 Å². The largest absolute Gasteiger partial charge is 0.383 e. The lowest BCUT2D eigenvalue weighted by molar-refractivity contribution is 0.179. The van der Waals surface area contributed by atoms with Crippen molar-refractivity contribution in [2.45, 2.75) is 32.2 Å². The molecule has 1 rings (SSSR count). The Morgan fingerprint density at radius 2 is 2.14 bits per heavy atom. The fourth-order valence-corrected chi connectivity index (χ4v) is 2.86. The Labute approximate surface area is 144 Å². The van der Waals surface area contributed by atoms with Crippen LogP contribution in [-0.2, 0) is 14.8 Å². The first kappa shape index (κ1) is 20.9. The van der Waals surface area contributed by atoms with E-state index < -0.39 is 10.0 Å². The Morgan fingerprint density at radius 1 is 1.48 bits per heavy atom. The molecule has 7 nitrogen and oxygen atoms in total. The van der Waals surface area contributed by atoms with Crippen LogP contribution in [0.15, 0.2) is 4.99 Å². The zero-order valence-corrected chi connectivity index (χ0v) is 15.8. The molecule has 0 aromatic carbocycles. The van der Waals surface area contributed by atoms with E-state index in [0.29, 0.717) is 19.1 Å². The van der Waals surface area contributed by atoms with Gasteiger partial charge in [0.2, 0.25) is 10.0 Å². The van der Waals surface area contributed by atoms with Gasteiger partial charge in [-0.1, -0.05) is 6.42 Å². The second-order valence-corrected chi connectivity index (χ2v) is 7.16. The van der Waals surface area contributed by atoms with Crippen molar-refractivity contribution in [3.8, 4) is 0 Å². The zero-order chi connectivity index (χ0) is 15.0. The van der Waals surface area contributed by atoms with Crippen LogP contribution < -0.4 is 15.8 Å². The second kappa shape index (κ2) is 10.6. The van der Waals surface area contributed by atoms with Gasteiger partial charge in [-0.15, -0.1) is 24.0 Å². The number of aliphatic imine (C=N–C) groups is 1. The van der Waals surface area contributed by atoms with Gasteiger partial charge in [-0.05, 0) is 25.7 Å². The summed E-state index contributed by atoms with van der Waals surface area (Å²) in [5.41, 5.74) is 5.66. The van der Waals surface area contributed by atoms with Gasteiger partial charge in [0.25, 0.3) is 0 Å². The maximum Gasteiger partial charge on any atom is 0.213 e. The number of nitrogens with one attached hydrogen (secondary N) is 2. The number of hydrogen-bond donors (Lipinski definition) is 3. The minimum atomic E-state index is -3.25. The van der Waals surface area contributed by atoms with Crippen molar-refractivity contribution in [3.05, 3.63) is 0 Å². The summed E-state index contributed by atoms with van der Waals surface area (Å²) in [5.74, 6) is 0.708. The van der Waals surface area contributed by atoms with Crippen molar-refractivity contribution in [3.63, 3.8) is 0 Å². The molecule has 4 N–H and O–H groups in total. The highest BCUT2D eigenvalue weighted by Gasteiger charge is 2.19. The average Bonchev–Trinajstić information content (AvgIpc) is 2.26. The Hall–Kier alpha value is -0.130. The molecule has 0 aromatic heterocycles. The molecule has 126 valence electrons. The summed E-state index contributed by atoms with van der Waals surface area (Å²) < 4.78 is 31.0. The van der Waals surface area contributed by atoms with Crippen molar-refractivity contribution < 1.29 is 13.2 Å². The summed E-state index contributed by atoms with van der Waals surface area (Å²) in [4.78, 5) is 4.00. The number of sulfonamides is 1. The molecule has 1 unspecified atom stereocenters. The normalized spacial score (nSPS) is 17.7. The standard InChI is InChI=1S/C12H26N4O3S.HI/c1-10(9-19-2)16-12(13)14-6-7-20(17,18)15-8-11-4-3-5-11;/h10-11,15H,3-9H2,1-2H3,(H3,13,14,16);1H. The molecule has 0 heterocycles. The Kier molecular flexibility index (Phi) is 10.5. The molecule has 1 fully saturated rings. The maximum atomic E-state index is 11.7. The Bertz CT molecular complexity index is 413. The van der Waals surface area contributed by atoms with Crippen LogP contribution in [0.3, 0.4) is 0 Å². The number of rotatable bonds is 9. The van der Waals surface area contributed by atoms with Gasteiger partial charge in [0.05, 0.1) is 18.9 Å². The number of halogens is 1. The summed E-state index contributed by atoms with van der Waals surface area (Å²) in [5, 5.41) is 2.92. The van der Waals surface area contributed by atoms with Crippen molar-refractivity contribution in [1.82, 2.24) is 10.0 Å². The van der Waals surface area contributed by atoms with Crippen LogP contribution in [0.2, 0.25) is 0 Å². The first-order valence-corrected chi connectivity index (χ1v) is 8.61. The summed E-state index contributed by atoms with van der Waals surface area (Å²) in [6.45, 7) is 3.11. The molecule has 0 saturated heterocycles. The number of methoxy groups -OCH3 is 1. The van der Waals surface area contributed by atoms with Crippen LogP contribution in [0.5, 0.6) is 0 Å². The van der Waals surface area contributed by atoms with E-state index >= 15 is 0 Å². The maximum absolute atomic E-state index is 11.7. The van der Waals surface area contributed by atoms with Gasteiger partial charge in [-0.25, -0.2) is 13.1 Å². The van der Waals surface area contributed by atoms with Gasteiger partial charge in [0.1, 0.15) is 0 Å². The molecule has 0 aliphatic heterocycles. The van der Waals surface area contributed by atoms with Gasteiger partial charge in [-0.3, -0.25) is 4.99 Å². The van der Waals surface area contributed by atoms with Crippen molar-refractivity contribution >= 4 is 40.0 Å². The van der Waals surface area contributed by atoms with E-state index in [1.807, 2.05) is 6.92 Å². The van der Waals surface area contributed by atoms with Gasteiger partial charge in [0, 0.05) is 19.7 Å². The molecule has 1 atom stereocenters. The second-order valence-electron chi connectivity index (χ2n) is 5.23. The molecular formula is C12H27IN4O3S. The Morgan fingerprint density at radius 3 is 2.67 bits per heavy atom. The first-order chi connectivity index (χ1) is 9.43. The highest BCUT2D eigenvalue weighted by Crippen LogP contribution is 2.25. The molecule has 0 amide bonds. The first-order valence-electron chi connectivity index (χ1n) is 6.95. The number of nitrogens with zero attached hydrogens (tertiary/aromatic N) is 1. The lowest BCUT2D eigenvalue weighted by Crippen LogP contribution is -2.41. The van der Waals surface area contributed by atoms with Crippen LogP contribution >= 0.6 is 24.0 Å². The third-order valence-electron chi connectivity index (χ3n) is 3.27. The third-order valence-corrected chi connectivity index (χ3v) is 4.60. The van der Waals surface area contributed by atoms with Crippen LogP contribution in [0.4, 0.5) is 0 Å². The Balaban J connectivity index is 0.00000400. The number of hydrogen-bond acceptors (Lipinski definition) is 4. The summed E-state index contributed by atoms with van der Waals surface area (Å²) in [6, 6.07) is 0.0390. The van der Waals surface area contributed by atoms with E-state index in [9.17, 15) is 8.42 Å². The molecule has 0 spiro atoms. The molecule has 0 bridgehead atoms. The van der Waals surface area contributed by atoms with Gasteiger partial charge < -0.3 is 15.8 Å². The topological polar surface area (TPSA) is 106 Å². The number of ether oxygens (including phenoxy) is 1. The van der Waals surface area contributed by atoms with E-state index in [1.54, 1.807) is 7.11 Å². The molecular weight excluding hydrogens is 407 g/mol. The van der Waals surface area contributed by atoms with Gasteiger partial charge in [-0.2, -0.15) is 0 Å². The molecule has 0 aromatic rings. The van der Waals surface area contributed by atoms with Crippen LogP contribution in [0.1, 0.15) is 26.2 Å². The molecule has 0 radical (unpaired) electrons. The number of guanidine groups is 1. The van der Waals surface area contributed by atoms with E-state index in [2.05, 4.69) is 15.0 Å². The minimum absolute atomic E-state index is 0. The van der Waals surface area contributed by atoms with Crippen LogP contribution in [0, 0.1) is 5.92 Å². The van der Waals surface area contributed by atoms with E-state index in [1.165, 1.54) is 6.42 Å². The fourth-order valence-electron chi connectivity index (χ4n) is 1.89. The monoisotopic (exact) mass is 434 g/mol. The third kappa shape index (κ3) is 9.48. The predicted molar refractivity (Wildman–Crippen MR) is 95.5 cm³/mol. The lowest BCUT2D eigenvalue weighted by atomic mass is 9.86. The summed E-state index contributed by atoms with van der Waals surface area (Å²) in [7, 11) is -1.65. The number of nitrogens with two attached hydrogens (primary N) is 1. The van der Waals surface area contributed by atoms with Crippen molar-refractivity contribution in [2.75, 3.05) is 32.6 Å². The van der Waals surface area contributed by atoms with Crippen LogP contribution in [-0.4, -0.2) is 53.0 Å². The predicted octanol–water partition coefficient (Wildman–Crippen LogP) is 0.263. The zero-order valence-electron chi connectivity index (χ0n) is 12.7. The van der Waals surface area contributed by atoms with Crippen molar-refractivity contribution in [1.29, 1.82) is 0 Å². The van der Waals surface area contributed by atoms with E-state index in [0.717, 1.165) is 12.8 Å². The summed E-state index contributed by atoms with van der Waals surface area (Å²) >= 11 is 0. The molecule has 21 heavy (non-hydrogen) atoms. The highest BCUT2D eigenvalue weighted by molar-refractivity contribution is 14.0. The van der Waals surface area contributed by atoms with Crippen molar-refractivity contribution in [2.24, 2.45) is 16.6 Å². The van der Waals surface area contributed by atoms with Crippen LogP contribution in [0.25, 0.3) is 0 Å². The van der Waals surface area contributed by atoms with Gasteiger partial charge >= 0.3 is 0 Å². The molecule has 1 aliphatic carbocycles. The lowest BCUT2D eigenvalue weighted by Gasteiger charge is -2.25. The minimum Gasteiger partial charge on any atom is -0.383 e. The fraction of sp³-hybridized carbons (Fsp3) is 0.917. The molecule has 9 heteroatoms.